The van der Waals surface area contributed by atoms with Crippen molar-refractivity contribution < 1.29 is 9.90 Å². The van der Waals surface area contributed by atoms with Crippen molar-refractivity contribution in [2.75, 3.05) is 11.1 Å². The number of hydrogen-bond acceptors (Lipinski definition) is 7. The Morgan fingerprint density at radius 2 is 2.04 bits per heavy atom. The van der Waals surface area contributed by atoms with Crippen molar-refractivity contribution >= 4 is 51.4 Å². The highest BCUT2D eigenvalue weighted by Gasteiger charge is 2.19. The molecule has 8 heteroatoms. The lowest BCUT2D eigenvalue weighted by atomic mass is 9.97. The van der Waals surface area contributed by atoms with Crippen molar-refractivity contribution in [1.82, 2.24) is 9.97 Å². The molecule has 7 nitrogen and oxygen atoms in total. The van der Waals surface area contributed by atoms with E-state index < -0.39 is 0 Å². The molecule has 3 aromatic rings. The van der Waals surface area contributed by atoms with Crippen molar-refractivity contribution in [1.29, 1.82) is 5.41 Å². The summed E-state index contributed by atoms with van der Waals surface area (Å²) in [4.78, 5) is 19.8. The fourth-order valence-electron chi connectivity index (χ4n) is 3.10. The quantitative estimate of drug-likeness (QED) is 0.318. The molecule has 26 heavy (non-hydrogen) atoms. The lowest BCUT2D eigenvalue weighted by molar-refractivity contribution is -0.122. The average molecular weight is 369 g/mol. The number of aryl methyl sites for hydroxylation is 2. The van der Waals surface area contributed by atoms with Crippen LogP contribution in [0.3, 0.4) is 0 Å². The molecule has 1 aliphatic rings. The maximum absolute atomic E-state index is 8.36. The molecule has 0 unspecified atom stereocenters. The maximum atomic E-state index is 8.36. The fraction of sp³-hybridized carbons (Fsp3) is 0.222. The molecule has 5 N–H and O–H groups in total. The molecular formula is C18H19N5O2S. The number of nitrogens with one attached hydrogen (secondary N) is 2. The minimum atomic E-state index is -0.250. The van der Waals surface area contributed by atoms with E-state index in [1.807, 2.05) is 18.2 Å². The first-order valence-electron chi connectivity index (χ1n) is 8.18. The number of hydrogen-bond donors (Lipinski definition) is 4. The van der Waals surface area contributed by atoms with Crippen LogP contribution in [-0.2, 0) is 17.6 Å². The third kappa shape index (κ3) is 3.50. The van der Waals surface area contributed by atoms with E-state index in [9.17, 15) is 0 Å². The Morgan fingerprint density at radius 3 is 2.81 bits per heavy atom. The lowest BCUT2D eigenvalue weighted by Gasteiger charge is -2.13. The molecule has 1 aliphatic carbocycles. The second-order valence-corrected chi connectivity index (χ2v) is 6.92. The molecule has 0 saturated heterocycles. The molecule has 1 aromatic carbocycles. The highest BCUT2D eigenvalue weighted by Crippen LogP contribution is 2.38. The van der Waals surface area contributed by atoms with Gasteiger partial charge in [-0.15, -0.1) is 11.3 Å². The van der Waals surface area contributed by atoms with E-state index in [2.05, 4.69) is 15.3 Å². The van der Waals surface area contributed by atoms with Crippen LogP contribution in [0.5, 0.6) is 0 Å². The summed E-state index contributed by atoms with van der Waals surface area (Å²) < 4.78 is 0. The molecule has 2 heterocycles. The summed E-state index contributed by atoms with van der Waals surface area (Å²) in [5.74, 6) is 0.843. The fourth-order valence-corrected chi connectivity index (χ4v) is 4.33. The number of benzene rings is 1. The summed E-state index contributed by atoms with van der Waals surface area (Å²) in [5.41, 5.74) is 9.45. The summed E-state index contributed by atoms with van der Waals surface area (Å²) in [6, 6.07) is 5.59. The highest BCUT2D eigenvalue weighted by molar-refractivity contribution is 7.19. The topological polar surface area (TPSA) is 125 Å². The van der Waals surface area contributed by atoms with Gasteiger partial charge < -0.3 is 21.6 Å². The van der Waals surface area contributed by atoms with Crippen LogP contribution >= 0.6 is 11.3 Å². The van der Waals surface area contributed by atoms with E-state index in [1.165, 1.54) is 29.5 Å². The number of fused-ring (bicyclic) bond motifs is 3. The molecule has 0 saturated carbocycles. The first-order valence-corrected chi connectivity index (χ1v) is 8.99. The molecule has 0 aliphatic heterocycles. The number of rotatable bonds is 3. The van der Waals surface area contributed by atoms with E-state index >= 15 is 0 Å². The highest BCUT2D eigenvalue weighted by atomic mass is 32.1. The monoisotopic (exact) mass is 369 g/mol. The normalized spacial score (nSPS) is 12.6. The van der Waals surface area contributed by atoms with E-state index in [-0.39, 0.29) is 6.47 Å². The standard InChI is InChI=1S/C17H17N5S.CH2O2/c18-8-10-7-11(5-6-13(10)19)22-16-15-12-3-1-2-4-14(12)23-17(15)21-9-20-16;2-1-3/h5-9,18H,1-4,19H2,(H,20,21,22);1H,(H,2,3). The van der Waals surface area contributed by atoms with Crippen LogP contribution in [0.4, 0.5) is 17.2 Å². The second-order valence-electron chi connectivity index (χ2n) is 5.83. The molecule has 0 radical (unpaired) electrons. The van der Waals surface area contributed by atoms with Gasteiger partial charge in [0.1, 0.15) is 17.0 Å². The van der Waals surface area contributed by atoms with Gasteiger partial charge in [0.15, 0.2) is 0 Å². The van der Waals surface area contributed by atoms with Crippen molar-refractivity contribution in [3.8, 4) is 0 Å². The molecule has 0 spiro atoms. The Morgan fingerprint density at radius 1 is 1.27 bits per heavy atom. The van der Waals surface area contributed by atoms with Gasteiger partial charge in [0.2, 0.25) is 0 Å². The van der Waals surface area contributed by atoms with Crippen LogP contribution in [0.15, 0.2) is 24.5 Å². The van der Waals surface area contributed by atoms with Crippen LogP contribution in [0.1, 0.15) is 28.8 Å². The third-order valence-corrected chi connectivity index (χ3v) is 5.46. The molecule has 2 aromatic heterocycles. The van der Waals surface area contributed by atoms with Gasteiger partial charge in [0.25, 0.3) is 6.47 Å². The third-order valence-electron chi connectivity index (χ3n) is 4.26. The minimum absolute atomic E-state index is 0.250. The summed E-state index contributed by atoms with van der Waals surface area (Å²) in [5, 5.41) is 18.9. The number of carboxylic acid groups (broad SMARTS) is 1. The smallest absolute Gasteiger partial charge is 0.290 e. The zero-order chi connectivity index (χ0) is 18.5. The number of aromatic nitrogens is 2. The summed E-state index contributed by atoms with van der Waals surface area (Å²) in [6.45, 7) is -0.250. The number of nitrogen functional groups attached to an aromatic ring is 1. The van der Waals surface area contributed by atoms with Gasteiger partial charge in [-0.05, 0) is 49.4 Å². The molecule has 4 rings (SSSR count). The predicted molar refractivity (Wildman–Crippen MR) is 105 cm³/mol. The van der Waals surface area contributed by atoms with Gasteiger partial charge in [0, 0.05) is 28.0 Å². The summed E-state index contributed by atoms with van der Waals surface area (Å²) in [6.07, 6.45) is 7.62. The first-order chi connectivity index (χ1) is 12.7. The van der Waals surface area contributed by atoms with Gasteiger partial charge in [-0.3, -0.25) is 4.79 Å². The lowest BCUT2D eigenvalue weighted by Crippen LogP contribution is -2.01. The van der Waals surface area contributed by atoms with Crippen LogP contribution in [0.2, 0.25) is 0 Å². The van der Waals surface area contributed by atoms with E-state index in [0.29, 0.717) is 11.3 Å². The molecule has 0 fully saturated rings. The van der Waals surface area contributed by atoms with Gasteiger partial charge in [-0.1, -0.05) is 0 Å². The number of thiophene rings is 1. The summed E-state index contributed by atoms with van der Waals surface area (Å²) in [7, 11) is 0. The van der Waals surface area contributed by atoms with Gasteiger partial charge in [-0.2, -0.15) is 0 Å². The molecule has 0 amide bonds. The van der Waals surface area contributed by atoms with E-state index in [4.69, 9.17) is 21.0 Å². The van der Waals surface area contributed by atoms with Crippen molar-refractivity contribution in [2.24, 2.45) is 0 Å². The van der Waals surface area contributed by atoms with Gasteiger partial charge in [0.05, 0.1) is 5.39 Å². The Bertz CT molecular complexity index is 954. The largest absolute Gasteiger partial charge is 0.483 e. The first kappa shape index (κ1) is 17.8. The Kier molecular flexibility index (Phi) is 5.43. The van der Waals surface area contributed by atoms with Crippen molar-refractivity contribution in [3.63, 3.8) is 0 Å². The second kappa shape index (κ2) is 7.92. The molecule has 0 bridgehead atoms. The van der Waals surface area contributed by atoms with Crippen LogP contribution in [0.25, 0.3) is 10.2 Å². The Hall–Kier alpha value is -3.00. The van der Waals surface area contributed by atoms with Crippen molar-refractivity contribution in [3.05, 3.63) is 40.5 Å². The minimum Gasteiger partial charge on any atom is -0.483 e. The molecule has 134 valence electrons. The number of anilines is 3. The van der Waals surface area contributed by atoms with Crippen molar-refractivity contribution in [2.45, 2.75) is 25.7 Å². The molecule has 0 atom stereocenters. The van der Waals surface area contributed by atoms with E-state index in [1.54, 1.807) is 17.7 Å². The van der Waals surface area contributed by atoms with Crippen LogP contribution in [0, 0.1) is 5.41 Å². The van der Waals surface area contributed by atoms with Gasteiger partial charge >= 0.3 is 0 Å². The summed E-state index contributed by atoms with van der Waals surface area (Å²) >= 11 is 1.79. The number of nitrogens with zero attached hydrogens (tertiary/aromatic N) is 2. The predicted octanol–water partition coefficient (Wildman–Crippen LogP) is 3.59. The maximum Gasteiger partial charge on any atom is 0.290 e. The SMILES string of the molecule is N=Cc1cc(Nc2ncnc3sc4c(c23)CCCC4)ccc1N.O=CO. The number of carbonyl (C=O) groups is 1. The Labute approximate surface area is 154 Å². The zero-order valence-electron chi connectivity index (χ0n) is 14.0. The zero-order valence-corrected chi connectivity index (χ0v) is 14.8. The van der Waals surface area contributed by atoms with Crippen LogP contribution in [-0.4, -0.2) is 27.8 Å². The Balaban J connectivity index is 0.000000613. The average Bonchev–Trinajstić information content (AvgIpc) is 3.03. The molecular weight excluding hydrogens is 350 g/mol. The van der Waals surface area contributed by atoms with Crippen LogP contribution < -0.4 is 11.1 Å². The number of nitrogens with two attached hydrogens (primary N) is 1. The van der Waals surface area contributed by atoms with Gasteiger partial charge in [-0.25, -0.2) is 9.97 Å². The van der Waals surface area contributed by atoms with E-state index in [0.717, 1.165) is 34.6 Å².